The van der Waals surface area contributed by atoms with E-state index in [2.05, 4.69) is 26.9 Å². The Morgan fingerprint density at radius 1 is 1.15 bits per heavy atom. The first-order valence-electron chi connectivity index (χ1n) is 8.60. The summed E-state index contributed by atoms with van der Waals surface area (Å²) in [6, 6.07) is 4.26. The normalized spacial score (nSPS) is 11.7. The lowest BCUT2D eigenvalue weighted by Gasteiger charge is -2.09. The number of aryl methyl sites for hydroxylation is 1. The third kappa shape index (κ3) is 5.40. The van der Waals surface area contributed by atoms with Gasteiger partial charge in [0.05, 0.1) is 22.5 Å². The summed E-state index contributed by atoms with van der Waals surface area (Å²) in [6.07, 6.45) is -9.22. The number of hydrogen-bond acceptors (Lipinski definition) is 4. The second-order valence-electron chi connectivity index (χ2n) is 6.29. The minimum absolute atomic E-state index is 0.117. The average Bonchev–Trinajstić information content (AvgIpc) is 3.10. The van der Waals surface area contributed by atoms with E-state index >= 15 is 0 Å². The molecule has 0 radical (unpaired) electrons. The van der Waals surface area contributed by atoms with Gasteiger partial charge in [-0.3, -0.25) is 9.48 Å². The number of anilines is 1. The molecule has 1 N–H and O–H groups in total. The molecule has 6 nitrogen and oxygen atoms in total. The van der Waals surface area contributed by atoms with Crippen molar-refractivity contribution in [1.82, 2.24) is 19.7 Å². The lowest BCUT2D eigenvalue weighted by atomic mass is 10.2. The maximum Gasteiger partial charge on any atom is 0.471 e. The second kappa shape index (κ2) is 8.70. The molecule has 1 aromatic carbocycles. The van der Waals surface area contributed by atoms with Crippen LogP contribution in [0.3, 0.4) is 0 Å². The molecule has 0 aliphatic carbocycles. The fourth-order valence-corrected chi connectivity index (χ4v) is 2.66. The molecule has 33 heavy (non-hydrogen) atoms. The Balaban J connectivity index is 2.13. The summed E-state index contributed by atoms with van der Waals surface area (Å²) in [5.41, 5.74) is -2.61. The molecular weight excluding hydrogens is 483 g/mol. The van der Waals surface area contributed by atoms with Gasteiger partial charge in [0, 0.05) is 7.05 Å². The number of benzene rings is 1. The van der Waals surface area contributed by atoms with Crippen molar-refractivity contribution in [3.8, 4) is 23.2 Å². The van der Waals surface area contributed by atoms with Crippen LogP contribution >= 0.6 is 11.6 Å². The zero-order valence-corrected chi connectivity index (χ0v) is 16.9. The predicted molar refractivity (Wildman–Crippen MR) is 101 cm³/mol. The van der Waals surface area contributed by atoms with Crippen molar-refractivity contribution in [2.45, 2.75) is 12.4 Å². The molecule has 0 unspecified atom stereocenters. The van der Waals surface area contributed by atoms with E-state index in [4.69, 9.17) is 11.6 Å². The minimum atomic E-state index is -5.27. The van der Waals surface area contributed by atoms with Crippen LogP contribution in [0, 0.1) is 17.7 Å². The topological polar surface area (TPSA) is 72.7 Å². The maximum atomic E-state index is 14.0. The Morgan fingerprint density at radius 2 is 1.85 bits per heavy atom. The highest BCUT2D eigenvalue weighted by Gasteiger charge is 2.39. The average molecular weight is 492 g/mol. The summed E-state index contributed by atoms with van der Waals surface area (Å²) >= 11 is 5.86. The molecule has 1 amide bonds. The number of rotatable bonds is 2. The number of carbonyl (C=O) groups is 1. The van der Waals surface area contributed by atoms with Crippen LogP contribution in [0.25, 0.3) is 11.4 Å². The van der Waals surface area contributed by atoms with E-state index in [0.717, 1.165) is 16.9 Å². The van der Waals surface area contributed by atoms with Gasteiger partial charge in [0.25, 0.3) is 0 Å². The van der Waals surface area contributed by atoms with Gasteiger partial charge in [0.15, 0.2) is 17.2 Å². The first kappa shape index (κ1) is 24.0. The summed E-state index contributed by atoms with van der Waals surface area (Å²) in [5, 5.41) is 4.66. The first-order chi connectivity index (χ1) is 15.3. The fourth-order valence-electron chi connectivity index (χ4n) is 2.45. The van der Waals surface area contributed by atoms with Gasteiger partial charge in [0.1, 0.15) is 11.5 Å². The minimum Gasteiger partial charge on any atom is -0.300 e. The van der Waals surface area contributed by atoms with Crippen molar-refractivity contribution in [2.75, 3.05) is 5.32 Å². The molecule has 0 atom stereocenters. The number of nitrogens with one attached hydrogen (secondary N) is 1. The van der Waals surface area contributed by atoms with Gasteiger partial charge < -0.3 is 5.32 Å². The largest absolute Gasteiger partial charge is 0.471 e. The van der Waals surface area contributed by atoms with E-state index < -0.39 is 41.3 Å². The van der Waals surface area contributed by atoms with Crippen LogP contribution in [0.15, 0.2) is 30.5 Å². The van der Waals surface area contributed by atoms with Gasteiger partial charge in [-0.25, -0.2) is 14.4 Å². The summed E-state index contributed by atoms with van der Waals surface area (Å²) in [6.45, 7) is 0. The number of nitrogens with zero attached hydrogens (tertiary/aromatic N) is 4. The Morgan fingerprint density at radius 3 is 2.42 bits per heavy atom. The molecule has 0 bridgehead atoms. The van der Waals surface area contributed by atoms with Crippen LogP contribution in [-0.2, 0) is 18.0 Å². The number of amides is 1. The lowest BCUT2D eigenvalue weighted by molar-refractivity contribution is -0.167. The Labute approximate surface area is 185 Å². The van der Waals surface area contributed by atoms with Crippen LogP contribution in [0.4, 0.5) is 36.6 Å². The highest BCUT2D eigenvalue weighted by Crippen LogP contribution is 2.31. The summed E-state index contributed by atoms with van der Waals surface area (Å²) in [5.74, 6) is 0.542. The van der Waals surface area contributed by atoms with E-state index in [1.54, 1.807) is 0 Å². The van der Waals surface area contributed by atoms with E-state index in [1.165, 1.54) is 24.5 Å². The van der Waals surface area contributed by atoms with Gasteiger partial charge >= 0.3 is 18.3 Å². The third-order valence-electron chi connectivity index (χ3n) is 3.96. The van der Waals surface area contributed by atoms with Crippen LogP contribution < -0.4 is 5.32 Å². The lowest BCUT2D eigenvalue weighted by Crippen LogP contribution is -2.30. The highest BCUT2D eigenvalue weighted by molar-refractivity contribution is 6.31. The molecule has 2 heterocycles. The van der Waals surface area contributed by atoms with Crippen molar-refractivity contribution in [3.05, 3.63) is 58.3 Å². The SMILES string of the molecule is Cn1nc(C(F)(F)F)cc1-c1cnc(NC(=O)C(F)(F)F)c(C#Cc2c(F)cccc2Cl)n1. The molecule has 0 aliphatic rings. The van der Waals surface area contributed by atoms with Gasteiger partial charge in [-0.15, -0.1) is 0 Å². The van der Waals surface area contributed by atoms with Crippen LogP contribution in [-0.4, -0.2) is 31.8 Å². The Bertz CT molecular complexity index is 1270. The van der Waals surface area contributed by atoms with Crippen molar-refractivity contribution in [3.63, 3.8) is 0 Å². The van der Waals surface area contributed by atoms with Gasteiger partial charge in [0.2, 0.25) is 0 Å². The standard InChI is InChI=1S/C19H9ClF7N5O/c1-32-14(7-15(31-32)18(22,23)24)13-8-28-16(30-17(33)19(25,26)27)12(29-13)6-5-9-10(20)3-2-4-11(9)21/h2-4,7-8H,1H3,(H,28,30,33). The number of halogens is 8. The molecule has 172 valence electrons. The monoisotopic (exact) mass is 491 g/mol. The first-order valence-corrected chi connectivity index (χ1v) is 8.98. The van der Waals surface area contributed by atoms with E-state index in [1.807, 2.05) is 0 Å². The van der Waals surface area contributed by atoms with E-state index in [-0.39, 0.29) is 22.0 Å². The van der Waals surface area contributed by atoms with Crippen LogP contribution in [0.2, 0.25) is 5.02 Å². The van der Waals surface area contributed by atoms with Crippen molar-refractivity contribution in [2.24, 2.45) is 7.05 Å². The summed E-state index contributed by atoms with van der Waals surface area (Å²) in [4.78, 5) is 18.8. The van der Waals surface area contributed by atoms with E-state index in [9.17, 15) is 35.5 Å². The Kier molecular flexibility index (Phi) is 6.33. The zero-order valence-electron chi connectivity index (χ0n) is 16.1. The fraction of sp³-hybridized carbons (Fsp3) is 0.158. The van der Waals surface area contributed by atoms with Crippen molar-refractivity contribution in [1.29, 1.82) is 0 Å². The molecule has 0 fully saturated rings. The quantitative estimate of drug-likeness (QED) is 0.420. The van der Waals surface area contributed by atoms with Crippen LogP contribution in [0.5, 0.6) is 0 Å². The molecular formula is C19H9ClF7N5O. The Hall–Kier alpha value is -3.66. The molecule has 0 saturated heterocycles. The maximum absolute atomic E-state index is 14.0. The molecule has 0 spiro atoms. The smallest absolute Gasteiger partial charge is 0.300 e. The van der Waals surface area contributed by atoms with Crippen molar-refractivity contribution < 1.29 is 35.5 Å². The van der Waals surface area contributed by atoms with Gasteiger partial charge in [-0.05, 0) is 24.1 Å². The molecule has 0 aliphatic heterocycles. The number of carbonyl (C=O) groups excluding carboxylic acids is 1. The van der Waals surface area contributed by atoms with Crippen LogP contribution in [0.1, 0.15) is 17.0 Å². The van der Waals surface area contributed by atoms with E-state index in [0.29, 0.717) is 6.07 Å². The number of aromatic nitrogens is 4. The highest BCUT2D eigenvalue weighted by atomic mass is 35.5. The number of hydrogen-bond donors (Lipinski definition) is 1. The second-order valence-corrected chi connectivity index (χ2v) is 6.69. The summed E-state index contributed by atoms with van der Waals surface area (Å²) in [7, 11) is 1.18. The zero-order chi connectivity index (χ0) is 24.6. The molecule has 0 saturated carbocycles. The van der Waals surface area contributed by atoms with Crippen molar-refractivity contribution >= 4 is 23.3 Å². The molecule has 3 rings (SSSR count). The third-order valence-corrected chi connectivity index (χ3v) is 4.28. The van der Waals surface area contributed by atoms with Gasteiger partial charge in [-0.2, -0.15) is 31.4 Å². The molecule has 14 heteroatoms. The molecule has 2 aromatic heterocycles. The number of alkyl halides is 6. The summed E-state index contributed by atoms with van der Waals surface area (Å²) < 4.78 is 91.6. The van der Waals surface area contributed by atoms with Gasteiger partial charge in [-0.1, -0.05) is 23.6 Å². The molecule has 3 aromatic rings. The predicted octanol–water partition coefficient (Wildman–Crippen LogP) is 4.59.